The summed E-state index contributed by atoms with van der Waals surface area (Å²) in [5, 5.41) is 3.12. The number of nitrogens with one attached hydrogen (secondary N) is 1. The van der Waals surface area contributed by atoms with Crippen LogP contribution in [0.25, 0.3) is 0 Å². The molecule has 2 aromatic carbocycles. The fourth-order valence-electron chi connectivity index (χ4n) is 3.75. The zero-order valence-electron chi connectivity index (χ0n) is 17.7. The summed E-state index contributed by atoms with van der Waals surface area (Å²) in [5.74, 6) is 1.54. The molecule has 1 saturated heterocycles. The second kappa shape index (κ2) is 10.7. The Kier molecular flexibility index (Phi) is 7.71. The van der Waals surface area contributed by atoms with E-state index < -0.39 is 0 Å². The topological polar surface area (TPSA) is 67.9 Å². The number of piperidine rings is 1. The van der Waals surface area contributed by atoms with Crippen molar-refractivity contribution in [3.8, 4) is 11.5 Å². The summed E-state index contributed by atoms with van der Waals surface area (Å²) in [5.41, 5.74) is 2.07. The zero-order chi connectivity index (χ0) is 21.3. The molecule has 0 unspecified atom stereocenters. The van der Waals surface area contributed by atoms with Crippen LogP contribution in [0.2, 0.25) is 0 Å². The van der Waals surface area contributed by atoms with Crippen LogP contribution in [-0.2, 0) is 22.4 Å². The molecule has 0 spiro atoms. The molecular weight excluding hydrogens is 380 g/mol. The summed E-state index contributed by atoms with van der Waals surface area (Å²) in [6, 6.07) is 15.6. The fraction of sp³-hybridized carbons (Fsp3) is 0.417. The molecule has 3 rings (SSSR count). The number of likely N-dealkylation sites (tertiary alicyclic amines) is 1. The van der Waals surface area contributed by atoms with E-state index in [4.69, 9.17) is 9.47 Å². The van der Waals surface area contributed by atoms with Gasteiger partial charge in [-0.05, 0) is 42.5 Å². The molecule has 2 amide bonds. The van der Waals surface area contributed by atoms with E-state index in [-0.39, 0.29) is 17.9 Å². The lowest BCUT2D eigenvalue weighted by Crippen LogP contribution is -2.47. The minimum absolute atomic E-state index is 0.0406. The third-order valence-corrected chi connectivity index (χ3v) is 5.50. The highest BCUT2D eigenvalue weighted by atomic mass is 16.5. The molecule has 1 heterocycles. The predicted octanol–water partition coefficient (Wildman–Crippen LogP) is 2.99. The van der Waals surface area contributed by atoms with Crippen molar-refractivity contribution in [3.63, 3.8) is 0 Å². The van der Waals surface area contributed by atoms with E-state index in [0.29, 0.717) is 43.9 Å². The molecule has 0 aromatic heterocycles. The molecule has 6 heteroatoms. The first kappa shape index (κ1) is 21.7. The van der Waals surface area contributed by atoms with Gasteiger partial charge in [-0.1, -0.05) is 36.4 Å². The number of ether oxygens (including phenoxy) is 2. The highest BCUT2D eigenvalue weighted by Gasteiger charge is 2.23. The summed E-state index contributed by atoms with van der Waals surface area (Å²) < 4.78 is 10.6. The van der Waals surface area contributed by atoms with E-state index in [1.165, 1.54) is 0 Å². The van der Waals surface area contributed by atoms with E-state index in [9.17, 15) is 9.59 Å². The second-order valence-electron chi connectivity index (χ2n) is 7.57. The van der Waals surface area contributed by atoms with Crippen molar-refractivity contribution in [2.45, 2.75) is 38.1 Å². The Labute approximate surface area is 178 Å². The number of hydrogen-bond acceptors (Lipinski definition) is 4. The van der Waals surface area contributed by atoms with Crippen LogP contribution in [0.15, 0.2) is 48.5 Å². The Morgan fingerprint density at radius 3 is 2.33 bits per heavy atom. The highest BCUT2D eigenvalue weighted by molar-refractivity contribution is 5.79. The lowest BCUT2D eigenvalue weighted by Gasteiger charge is -2.32. The third-order valence-electron chi connectivity index (χ3n) is 5.50. The zero-order valence-corrected chi connectivity index (χ0v) is 17.7. The predicted molar refractivity (Wildman–Crippen MR) is 116 cm³/mol. The Bertz CT molecular complexity index is 846. The molecular formula is C24H30N2O4. The van der Waals surface area contributed by atoms with Crippen molar-refractivity contribution in [2.24, 2.45) is 0 Å². The first-order valence-corrected chi connectivity index (χ1v) is 10.4. The number of amides is 2. The van der Waals surface area contributed by atoms with Gasteiger partial charge in [-0.25, -0.2) is 0 Å². The second-order valence-corrected chi connectivity index (χ2v) is 7.57. The van der Waals surface area contributed by atoms with Crippen LogP contribution >= 0.6 is 0 Å². The van der Waals surface area contributed by atoms with Gasteiger partial charge in [0.15, 0.2) is 11.5 Å². The molecule has 0 atom stereocenters. The van der Waals surface area contributed by atoms with Gasteiger partial charge in [0.05, 0.1) is 20.6 Å². The minimum Gasteiger partial charge on any atom is -0.493 e. The number of aryl methyl sites for hydroxylation is 1. The van der Waals surface area contributed by atoms with E-state index >= 15 is 0 Å². The van der Waals surface area contributed by atoms with E-state index in [1.807, 2.05) is 53.4 Å². The van der Waals surface area contributed by atoms with Crippen LogP contribution in [0.1, 0.15) is 30.4 Å². The van der Waals surface area contributed by atoms with Gasteiger partial charge in [-0.15, -0.1) is 0 Å². The lowest BCUT2D eigenvalue weighted by atomic mass is 10.0. The molecule has 0 aliphatic carbocycles. The van der Waals surface area contributed by atoms with Gasteiger partial charge >= 0.3 is 0 Å². The number of carbonyl (C=O) groups excluding carboxylic acids is 2. The first-order chi connectivity index (χ1) is 14.6. The number of benzene rings is 2. The van der Waals surface area contributed by atoms with Crippen LogP contribution in [-0.4, -0.2) is 50.1 Å². The van der Waals surface area contributed by atoms with Gasteiger partial charge in [0, 0.05) is 25.6 Å². The standard InChI is InChI=1S/C24H30N2O4/c1-29-21-10-8-19(16-22(21)30-2)9-11-23(27)25-20-12-14-26(15-13-20)24(28)17-18-6-4-3-5-7-18/h3-8,10,16,20H,9,11-15,17H2,1-2H3,(H,25,27). The van der Waals surface area contributed by atoms with Crippen molar-refractivity contribution >= 4 is 11.8 Å². The van der Waals surface area contributed by atoms with Crippen molar-refractivity contribution in [1.29, 1.82) is 0 Å². The van der Waals surface area contributed by atoms with E-state index in [0.717, 1.165) is 24.0 Å². The normalized spacial score (nSPS) is 14.3. The number of nitrogens with zero attached hydrogens (tertiary/aromatic N) is 1. The van der Waals surface area contributed by atoms with Crippen LogP contribution < -0.4 is 14.8 Å². The number of methoxy groups -OCH3 is 2. The quantitative estimate of drug-likeness (QED) is 0.727. The summed E-state index contributed by atoms with van der Waals surface area (Å²) >= 11 is 0. The van der Waals surface area contributed by atoms with E-state index in [1.54, 1.807) is 14.2 Å². The Morgan fingerprint density at radius 2 is 1.67 bits per heavy atom. The molecule has 6 nitrogen and oxygen atoms in total. The van der Waals surface area contributed by atoms with Gasteiger partial charge in [-0.2, -0.15) is 0 Å². The van der Waals surface area contributed by atoms with Crippen LogP contribution in [0.3, 0.4) is 0 Å². The largest absolute Gasteiger partial charge is 0.493 e. The monoisotopic (exact) mass is 410 g/mol. The molecule has 0 radical (unpaired) electrons. The number of hydrogen-bond donors (Lipinski definition) is 1. The van der Waals surface area contributed by atoms with Crippen LogP contribution in [0.4, 0.5) is 0 Å². The summed E-state index contributed by atoms with van der Waals surface area (Å²) in [4.78, 5) is 26.7. The number of rotatable bonds is 8. The summed E-state index contributed by atoms with van der Waals surface area (Å²) in [6.07, 6.45) is 3.08. The Hall–Kier alpha value is -3.02. The summed E-state index contributed by atoms with van der Waals surface area (Å²) in [7, 11) is 3.21. The molecule has 1 N–H and O–H groups in total. The van der Waals surface area contributed by atoms with E-state index in [2.05, 4.69) is 5.32 Å². The fourth-order valence-corrected chi connectivity index (χ4v) is 3.75. The third kappa shape index (κ3) is 5.99. The Morgan fingerprint density at radius 1 is 0.967 bits per heavy atom. The molecule has 1 fully saturated rings. The SMILES string of the molecule is COc1ccc(CCC(=O)NC2CCN(C(=O)Cc3ccccc3)CC2)cc1OC. The maximum absolute atomic E-state index is 12.5. The molecule has 0 bridgehead atoms. The average Bonchev–Trinajstić information content (AvgIpc) is 2.78. The first-order valence-electron chi connectivity index (χ1n) is 10.4. The van der Waals surface area contributed by atoms with Gasteiger partial charge in [0.1, 0.15) is 0 Å². The van der Waals surface area contributed by atoms with Crippen LogP contribution in [0.5, 0.6) is 11.5 Å². The molecule has 0 saturated carbocycles. The maximum Gasteiger partial charge on any atom is 0.226 e. The van der Waals surface area contributed by atoms with Gasteiger partial charge in [0.2, 0.25) is 11.8 Å². The van der Waals surface area contributed by atoms with Crippen molar-refractivity contribution in [2.75, 3.05) is 27.3 Å². The highest BCUT2D eigenvalue weighted by Crippen LogP contribution is 2.28. The minimum atomic E-state index is 0.0406. The van der Waals surface area contributed by atoms with Gasteiger partial charge in [-0.3, -0.25) is 9.59 Å². The van der Waals surface area contributed by atoms with Crippen molar-refractivity contribution < 1.29 is 19.1 Å². The number of carbonyl (C=O) groups is 2. The van der Waals surface area contributed by atoms with Gasteiger partial charge < -0.3 is 19.7 Å². The molecule has 1 aliphatic rings. The van der Waals surface area contributed by atoms with Crippen molar-refractivity contribution in [3.05, 3.63) is 59.7 Å². The van der Waals surface area contributed by atoms with Crippen LogP contribution in [0, 0.1) is 0 Å². The Balaban J connectivity index is 1.40. The maximum atomic E-state index is 12.5. The van der Waals surface area contributed by atoms with Crippen molar-refractivity contribution in [1.82, 2.24) is 10.2 Å². The molecule has 160 valence electrons. The smallest absolute Gasteiger partial charge is 0.226 e. The molecule has 1 aliphatic heterocycles. The molecule has 30 heavy (non-hydrogen) atoms. The average molecular weight is 411 g/mol. The van der Waals surface area contributed by atoms with Gasteiger partial charge in [0.25, 0.3) is 0 Å². The summed E-state index contributed by atoms with van der Waals surface area (Å²) in [6.45, 7) is 1.37. The lowest BCUT2D eigenvalue weighted by molar-refractivity contribution is -0.131. The molecule has 2 aromatic rings.